The summed E-state index contributed by atoms with van der Waals surface area (Å²) in [5, 5.41) is 12.5. The van der Waals surface area contributed by atoms with Gasteiger partial charge < -0.3 is 24.8 Å². The van der Waals surface area contributed by atoms with Gasteiger partial charge in [-0.1, -0.05) is 6.92 Å². The predicted octanol–water partition coefficient (Wildman–Crippen LogP) is 0.505. The summed E-state index contributed by atoms with van der Waals surface area (Å²) in [6, 6.07) is 0. The standard InChI is InChI=1S/C13H22N4O3/c1-3-4-14-12-11(19-2)13(16-9-15-12)17-5-6-20-10(7-17)8-18/h9-10,18H,3-8H2,1-2H3,(H,14,15,16). The van der Waals surface area contributed by atoms with Crippen LogP contribution in [0.15, 0.2) is 6.33 Å². The van der Waals surface area contributed by atoms with E-state index >= 15 is 0 Å². The normalized spacial score (nSPS) is 18.9. The lowest BCUT2D eigenvalue weighted by atomic mass is 10.2. The molecule has 2 N–H and O–H groups in total. The second kappa shape index (κ2) is 7.25. The summed E-state index contributed by atoms with van der Waals surface area (Å²) in [4.78, 5) is 10.6. The number of hydrogen-bond acceptors (Lipinski definition) is 7. The van der Waals surface area contributed by atoms with E-state index in [4.69, 9.17) is 9.47 Å². The van der Waals surface area contributed by atoms with E-state index in [2.05, 4.69) is 27.1 Å². The monoisotopic (exact) mass is 282 g/mol. The van der Waals surface area contributed by atoms with Gasteiger partial charge in [0.2, 0.25) is 5.75 Å². The molecule has 7 heteroatoms. The number of morpholine rings is 1. The van der Waals surface area contributed by atoms with Crippen LogP contribution in [0.5, 0.6) is 5.75 Å². The van der Waals surface area contributed by atoms with Gasteiger partial charge in [-0.15, -0.1) is 0 Å². The van der Waals surface area contributed by atoms with E-state index in [0.717, 1.165) is 25.3 Å². The van der Waals surface area contributed by atoms with Crippen molar-refractivity contribution in [3.05, 3.63) is 6.33 Å². The SMILES string of the molecule is CCCNc1ncnc(N2CCOC(CO)C2)c1OC. The molecule has 1 atom stereocenters. The average molecular weight is 282 g/mol. The molecule has 2 rings (SSSR count). The van der Waals surface area contributed by atoms with Crippen molar-refractivity contribution in [2.24, 2.45) is 0 Å². The molecule has 1 aliphatic rings. The van der Waals surface area contributed by atoms with E-state index in [1.807, 2.05) is 0 Å². The Kier molecular flexibility index (Phi) is 5.37. The van der Waals surface area contributed by atoms with Crippen LogP contribution in [0, 0.1) is 0 Å². The minimum absolute atomic E-state index is 0.00480. The highest BCUT2D eigenvalue weighted by Gasteiger charge is 2.24. The zero-order valence-corrected chi connectivity index (χ0v) is 12.0. The number of aromatic nitrogens is 2. The van der Waals surface area contributed by atoms with Crippen molar-refractivity contribution < 1.29 is 14.6 Å². The first-order chi connectivity index (χ1) is 9.80. The second-order valence-corrected chi connectivity index (χ2v) is 4.63. The molecule has 0 bridgehead atoms. The number of aliphatic hydroxyl groups excluding tert-OH is 1. The Balaban J connectivity index is 2.21. The topological polar surface area (TPSA) is 79.7 Å². The van der Waals surface area contributed by atoms with Gasteiger partial charge in [0.1, 0.15) is 6.33 Å². The lowest BCUT2D eigenvalue weighted by molar-refractivity contribution is 0.00325. The van der Waals surface area contributed by atoms with Crippen LogP contribution in [0.3, 0.4) is 0 Å². The Morgan fingerprint density at radius 1 is 1.55 bits per heavy atom. The molecule has 112 valence electrons. The first kappa shape index (κ1) is 14.8. The van der Waals surface area contributed by atoms with Crippen LogP contribution in [0.25, 0.3) is 0 Å². The smallest absolute Gasteiger partial charge is 0.204 e. The largest absolute Gasteiger partial charge is 0.490 e. The van der Waals surface area contributed by atoms with Crippen molar-refractivity contribution in [3.63, 3.8) is 0 Å². The molecule has 0 saturated carbocycles. The highest BCUT2D eigenvalue weighted by atomic mass is 16.5. The molecule has 1 aliphatic heterocycles. The van der Waals surface area contributed by atoms with Crippen LogP contribution in [0.4, 0.5) is 11.6 Å². The van der Waals surface area contributed by atoms with Gasteiger partial charge in [-0.3, -0.25) is 0 Å². The fraction of sp³-hybridized carbons (Fsp3) is 0.692. The number of rotatable bonds is 6. The Labute approximate surface area is 118 Å². The maximum Gasteiger partial charge on any atom is 0.204 e. The van der Waals surface area contributed by atoms with Gasteiger partial charge in [-0.05, 0) is 6.42 Å². The Hall–Kier alpha value is -1.60. The van der Waals surface area contributed by atoms with Gasteiger partial charge >= 0.3 is 0 Å². The van der Waals surface area contributed by atoms with Crippen LogP contribution in [-0.4, -0.2) is 61.1 Å². The molecule has 7 nitrogen and oxygen atoms in total. The van der Waals surface area contributed by atoms with Crippen LogP contribution < -0.4 is 15.0 Å². The third-order valence-electron chi connectivity index (χ3n) is 3.17. The molecule has 0 aliphatic carbocycles. The molecule has 1 aromatic rings. The van der Waals surface area contributed by atoms with Crippen molar-refractivity contribution >= 4 is 11.6 Å². The number of aliphatic hydroxyl groups is 1. The van der Waals surface area contributed by atoms with Crippen molar-refractivity contribution in [1.29, 1.82) is 0 Å². The number of methoxy groups -OCH3 is 1. The highest BCUT2D eigenvalue weighted by Crippen LogP contribution is 2.32. The summed E-state index contributed by atoms with van der Waals surface area (Å²) in [6.45, 7) is 4.81. The van der Waals surface area contributed by atoms with Crippen LogP contribution in [-0.2, 0) is 4.74 Å². The summed E-state index contributed by atoms with van der Waals surface area (Å²) in [5.74, 6) is 2.08. The van der Waals surface area contributed by atoms with Crippen molar-refractivity contribution in [2.45, 2.75) is 19.4 Å². The molecule has 1 fully saturated rings. The third kappa shape index (κ3) is 3.29. The van der Waals surface area contributed by atoms with Gasteiger partial charge in [0.15, 0.2) is 11.6 Å². The zero-order valence-electron chi connectivity index (χ0n) is 12.0. The average Bonchev–Trinajstić information content (AvgIpc) is 2.52. The predicted molar refractivity (Wildman–Crippen MR) is 76.4 cm³/mol. The van der Waals surface area contributed by atoms with Gasteiger partial charge in [0.25, 0.3) is 0 Å². The number of nitrogens with one attached hydrogen (secondary N) is 1. The second-order valence-electron chi connectivity index (χ2n) is 4.63. The van der Waals surface area contributed by atoms with Gasteiger partial charge in [-0.2, -0.15) is 0 Å². The quantitative estimate of drug-likeness (QED) is 0.786. The maximum atomic E-state index is 9.22. The summed E-state index contributed by atoms with van der Waals surface area (Å²) < 4.78 is 10.9. The maximum absolute atomic E-state index is 9.22. The van der Waals surface area contributed by atoms with Crippen molar-refractivity contribution in [3.8, 4) is 5.75 Å². The molecule has 0 amide bonds. The van der Waals surface area contributed by atoms with Gasteiger partial charge in [0, 0.05) is 19.6 Å². The van der Waals surface area contributed by atoms with E-state index in [1.165, 1.54) is 6.33 Å². The number of ether oxygens (including phenoxy) is 2. The number of anilines is 2. The third-order valence-corrected chi connectivity index (χ3v) is 3.17. The minimum atomic E-state index is -0.185. The number of nitrogens with zero attached hydrogens (tertiary/aromatic N) is 3. The van der Waals surface area contributed by atoms with E-state index in [-0.39, 0.29) is 12.7 Å². The molecule has 1 unspecified atom stereocenters. The molecule has 0 aromatic carbocycles. The van der Waals surface area contributed by atoms with Crippen LogP contribution in [0.2, 0.25) is 0 Å². The molecule has 0 spiro atoms. The molecule has 1 saturated heterocycles. The zero-order chi connectivity index (χ0) is 14.4. The number of hydrogen-bond donors (Lipinski definition) is 2. The van der Waals surface area contributed by atoms with E-state index < -0.39 is 0 Å². The van der Waals surface area contributed by atoms with Crippen molar-refractivity contribution in [1.82, 2.24) is 9.97 Å². The first-order valence-corrected chi connectivity index (χ1v) is 6.90. The Morgan fingerprint density at radius 2 is 2.40 bits per heavy atom. The summed E-state index contributed by atoms with van der Waals surface area (Å²) in [5.41, 5.74) is 0. The van der Waals surface area contributed by atoms with E-state index in [0.29, 0.717) is 24.7 Å². The Morgan fingerprint density at radius 3 is 3.10 bits per heavy atom. The molecule has 2 heterocycles. The fourth-order valence-electron chi connectivity index (χ4n) is 2.17. The van der Waals surface area contributed by atoms with Crippen LogP contribution in [0.1, 0.15) is 13.3 Å². The molecular weight excluding hydrogens is 260 g/mol. The van der Waals surface area contributed by atoms with Crippen molar-refractivity contribution in [2.75, 3.05) is 50.2 Å². The first-order valence-electron chi connectivity index (χ1n) is 6.90. The Bertz CT molecular complexity index is 430. The summed E-state index contributed by atoms with van der Waals surface area (Å²) in [6.07, 6.45) is 2.35. The summed E-state index contributed by atoms with van der Waals surface area (Å²) >= 11 is 0. The minimum Gasteiger partial charge on any atom is -0.490 e. The van der Waals surface area contributed by atoms with Gasteiger partial charge in [0.05, 0.1) is 26.4 Å². The molecule has 20 heavy (non-hydrogen) atoms. The lowest BCUT2D eigenvalue weighted by Crippen LogP contribution is -2.44. The molecule has 0 radical (unpaired) electrons. The highest BCUT2D eigenvalue weighted by molar-refractivity contribution is 5.64. The van der Waals surface area contributed by atoms with Crippen LogP contribution >= 0.6 is 0 Å². The van der Waals surface area contributed by atoms with E-state index in [9.17, 15) is 5.11 Å². The molecule has 1 aromatic heterocycles. The summed E-state index contributed by atoms with van der Waals surface area (Å²) in [7, 11) is 1.61. The molecular formula is C13H22N4O3. The van der Waals surface area contributed by atoms with Gasteiger partial charge in [-0.25, -0.2) is 9.97 Å². The lowest BCUT2D eigenvalue weighted by Gasteiger charge is -2.33. The fourth-order valence-corrected chi connectivity index (χ4v) is 2.17. The van der Waals surface area contributed by atoms with E-state index in [1.54, 1.807) is 7.11 Å².